The Kier molecular flexibility index (Phi) is 2.90. The van der Waals surface area contributed by atoms with E-state index in [1.165, 1.54) is 0 Å². The first kappa shape index (κ1) is 12.0. The van der Waals surface area contributed by atoms with Crippen LogP contribution < -0.4 is 4.90 Å². The smallest absolute Gasteiger partial charge is 0.225 e. The summed E-state index contributed by atoms with van der Waals surface area (Å²) in [6.45, 7) is 3.63. The Labute approximate surface area is 110 Å². The zero-order valence-corrected chi connectivity index (χ0v) is 10.8. The monoisotopic (exact) mass is 260 g/mol. The molecule has 1 unspecified atom stereocenters. The predicted octanol–water partition coefficient (Wildman–Crippen LogP) is 0.0179. The first-order valence-electron chi connectivity index (χ1n) is 6.26. The number of aromatic nitrogens is 5. The van der Waals surface area contributed by atoms with Gasteiger partial charge in [0.25, 0.3) is 0 Å². The molecule has 1 atom stereocenters. The summed E-state index contributed by atoms with van der Waals surface area (Å²) in [5.41, 5.74) is 0.123. The molecule has 3 rings (SSSR count). The van der Waals surface area contributed by atoms with Gasteiger partial charge in [0.05, 0.1) is 19.3 Å². The molecule has 0 aliphatic carbocycles. The van der Waals surface area contributed by atoms with E-state index in [1.54, 1.807) is 23.3 Å². The van der Waals surface area contributed by atoms with Crippen molar-refractivity contribution in [1.82, 2.24) is 25.0 Å². The lowest BCUT2D eigenvalue weighted by atomic mass is 10.0. The van der Waals surface area contributed by atoms with E-state index in [9.17, 15) is 5.11 Å². The number of anilines is 1. The molecule has 19 heavy (non-hydrogen) atoms. The minimum atomic E-state index is -0.805. The standard InChI is InChI=1S/C12H16N6O/c1-10-2-4-13-11(15-10)17-6-3-12(19,8-17)9-18-7-5-14-16-18/h2,4-5,7,19H,3,6,8-9H2,1H3. The van der Waals surface area contributed by atoms with Gasteiger partial charge in [-0.3, -0.25) is 0 Å². The van der Waals surface area contributed by atoms with E-state index < -0.39 is 5.60 Å². The molecule has 7 heteroatoms. The highest BCUT2D eigenvalue weighted by Crippen LogP contribution is 2.25. The molecule has 1 aliphatic rings. The van der Waals surface area contributed by atoms with E-state index in [0.29, 0.717) is 25.5 Å². The van der Waals surface area contributed by atoms with Gasteiger partial charge in [0.2, 0.25) is 5.95 Å². The Morgan fingerprint density at radius 2 is 2.32 bits per heavy atom. The van der Waals surface area contributed by atoms with Crippen LogP contribution in [-0.4, -0.2) is 48.8 Å². The minimum absolute atomic E-state index is 0.440. The summed E-state index contributed by atoms with van der Waals surface area (Å²) < 4.78 is 1.65. The Hall–Kier alpha value is -2.02. The highest BCUT2D eigenvalue weighted by molar-refractivity contribution is 5.33. The molecule has 0 aromatic carbocycles. The molecule has 0 bridgehead atoms. The third-order valence-corrected chi connectivity index (χ3v) is 3.33. The normalized spacial score (nSPS) is 22.9. The van der Waals surface area contributed by atoms with Crippen molar-refractivity contribution in [3.05, 3.63) is 30.4 Å². The molecule has 1 saturated heterocycles. The molecule has 1 aliphatic heterocycles. The van der Waals surface area contributed by atoms with Crippen LogP contribution in [0.2, 0.25) is 0 Å². The fourth-order valence-corrected chi connectivity index (χ4v) is 2.36. The van der Waals surface area contributed by atoms with Gasteiger partial charge in [0, 0.05) is 24.6 Å². The second kappa shape index (κ2) is 4.58. The van der Waals surface area contributed by atoms with E-state index in [4.69, 9.17) is 0 Å². The lowest BCUT2D eigenvalue weighted by molar-refractivity contribution is 0.0408. The average molecular weight is 260 g/mol. The van der Waals surface area contributed by atoms with Crippen LogP contribution in [0.5, 0.6) is 0 Å². The summed E-state index contributed by atoms with van der Waals surface area (Å²) in [5, 5.41) is 18.2. The van der Waals surface area contributed by atoms with Crippen molar-refractivity contribution in [2.75, 3.05) is 18.0 Å². The van der Waals surface area contributed by atoms with Crippen LogP contribution in [0.1, 0.15) is 12.1 Å². The third-order valence-electron chi connectivity index (χ3n) is 3.33. The molecule has 2 aromatic rings. The predicted molar refractivity (Wildman–Crippen MR) is 68.6 cm³/mol. The second-order valence-corrected chi connectivity index (χ2v) is 4.99. The molecule has 1 fully saturated rings. The summed E-state index contributed by atoms with van der Waals surface area (Å²) in [6, 6.07) is 1.86. The molecule has 1 N–H and O–H groups in total. The van der Waals surface area contributed by atoms with Crippen LogP contribution in [0.3, 0.4) is 0 Å². The summed E-state index contributed by atoms with van der Waals surface area (Å²) in [6.07, 6.45) is 5.78. The lowest BCUT2D eigenvalue weighted by Crippen LogP contribution is -2.38. The number of nitrogens with zero attached hydrogens (tertiary/aromatic N) is 6. The van der Waals surface area contributed by atoms with Crippen LogP contribution in [0.15, 0.2) is 24.7 Å². The molecule has 0 saturated carbocycles. The number of aryl methyl sites for hydroxylation is 1. The van der Waals surface area contributed by atoms with Crippen molar-refractivity contribution in [1.29, 1.82) is 0 Å². The van der Waals surface area contributed by atoms with Crippen molar-refractivity contribution in [2.24, 2.45) is 0 Å². The van der Waals surface area contributed by atoms with Gasteiger partial charge in [-0.25, -0.2) is 14.6 Å². The molecule has 0 spiro atoms. The maximum Gasteiger partial charge on any atom is 0.225 e. The molecule has 7 nitrogen and oxygen atoms in total. The molecular formula is C12H16N6O. The fourth-order valence-electron chi connectivity index (χ4n) is 2.36. The van der Waals surface area contributed by atoms with E-state index >= 15 is 0 Å². The number of β-amino-alcohol motifs (C(OH)–C–C–N with tert-alkyl or cyclic N) is 1. The Bertz CT molecular complexity index is 557. The van der Waals surface area contributed by atoms with E-state index in [2.05, 4.69) is 20.3 Å². The summed E-state index contributed by atoms with van der Waals surface area (Å²) in [5.74, 6) is 0.675. The lowest BCUT2D eigenvalue weighted by Gasteiger charge is -2.23. The quantitative estimate of drug-likeness (QED) is 0.838. The maximum absolute atomic E-state index is 10.6. The zero-order valence-electron chi connectivity index (χ0n) is 10.8. The third kappa shape index (κ3) is 2.55. The Balaban J connectivity index is 1.72. The van der Waals surface area contributed by atoms with E-state index in [-0.39, 0.29) is 0 Å². The molecule has 100 valence electrons. The summed E-state index contributed by atoms with van der Waals surface area (Å²) in [4.78, 5) is 10.6. The van der Waals surface area contributed by atoms with Gasteiger partial charge in [-0.1, -0.05) is 5.21 Å². The first-order valence-corrected chi connectivity index (χ1v) is 6.26. The van der Waals surface area contributed by atoms with Crippen LogP contribution in [0.4, 0.5) is 5.95 Å². The van der Waals surface area contributed by atoms with Crippen LogP contribution in [0, 0.1) is 6.92 Å². The van der Waals surface area contributed by atoms with Gasteiger partial charge in [0.15, 0.2) is 0 Å². The Morgan fingerprint density at radius 3 is 3.05 bits per heavy atom. The number of aliphatic hydroxyl groups is 1. The fraction of sp³-hybridized carbons (Fsp3) is 0.500. The van der Waals surface area contributed by atoms with Crippen molar-refractivity contribution in [3.63, 3.8) is 0 Å². The molecule has 3 heterocycles. The minimum Gasteiger partial charge on any atom is -0.386 e. The highest BCUT2D eigenvalue weighted by atomic mass is 16.3. The van der Waals surface area contributed by atoms with Gasteiger partial charge < -0.3 is 10.0 Å². The number of rotatable bonds is 3. The van der Waals surface area contributed by atoms with Crippen molar-refractivity contribution in [2.45, 2.75) is 25.5 Å². The number of hydrogen-bond donors (Lipinski definition) is 1. The van der Waals surface area contributed by atoms with Gasteiger partial charge in [-0.05, 0) is 19.4 Å². The molecule has 2 aromatic heterocycles. The van der Waals surface area contributed by atoms with Crippen molar-refractivity contribution in [3.8, 4) is 0 Å². The SMILES string of the molecule is Cc1ccnc(N2CCC(O)(Cn3ccnn3)C2)n1. The van der Waals surface area contributed by atoms with Crippen LogP contribution in [0.25, 0.3) is 0 Å². The van der Waals surface area contributed by atoms with Crippen molar-refractivity contribution < 1.29 is 5.11 Å². The van der Waals surface area contributed by atoms with Gasteiger partial charge >= 0.3 is 0 Å². The van der Waals surface area contributed by atoms with Crippen molar-refractivity contribution >= 4 is 5.95 Å². The highest BCUT2D eigenvalue weighted by Gasteiger charge is 2.37. The average Bonchev–Trinajstić information content (AvgIpc) is 3.00. The van der Waals surface area contributed by atoms with E-state index in [0.717, 1.165) is 12.2 Å². The molecular weight excluding hydrogens is 244 g/mol. The van der Waals surface area contributed by atoms with Gasteiger partial charge in [-0.2, -0.15) is 0 Å². The van der Waals surface area contributed by atoms with Gasteiger partial charge in [-0.15, -0.1) is 5.10 Å². The largest absolute Gasteiger partial charge is 0.386 e. The first-order chi connectivity index (χ1) is 9.15. The maximum atomic E-state index is 10.6. The number of hydrogen-bond acceptors (Lipinski definition) is 6. The van der Waals surface area contributed by atoms with Crippen LogP contribution in [-0.2, 0) is 6.54 Å². The van der Waals surface area contributed by atoms with E-state index in [1.807, 2.05) is 17.9 Å². The summed E-state index contributed by atoms with van der Waals surface area (Å²) >= 11 is 0. The zero-order chi connectivity index (χ0) is 13.3. The second-order valence-electron chi connectivity index (χ2n) is 4.99. The van der Waals surface area contributed by atoms with Gasteiger partial charge in [0.1, 0.15) is 5.60 Å². The molecule has 0 radical (unpaired) electrons. The topological polar surface area (TPSA) is 80.0 Å². The summed E-state index contributed by atoms with van der Waals surface area (Å²) in [7, 11) is 0. The van der Waals surface area contributed by atoms with Crippen LogP contribution >= 0.6 is 0 Å². The molecule has 0 amide bonds. The Morgan fingerprint density at radius 1 is 1.42 bits per heavy atom.